The standard InChI is InChI=1S/C21H23N9O3S/c1-28(21-22-10-13(11-23-21)20(31)27-32)12-15-24-16-18(29(15)2)25-17(14-4-3-9-34-14)26-19(16)30-5-7-33-8-6-30/h3-4,9-11,32H,5-8,12H2,1-2H3,(H,27,31). The summed E-state index contributed by atoms with van der Waals surface area (Å²) in [4.78, 5) is 39.6. The number of fused-ring (bicyclic) bond motifs is 1. The largest absolute Gasteiger partial charge is 0.378 e. The molecule has 4 aromatic heterocycles. The topological polar surface area (TPSA) is 134 Å². The first-order chi connectivity index (χ1) is 16.5. The predicted octanol–water partition coefficient (Wildman–Crippen LogP) is 1.47. The van der Waals surface area contributed by atoms with Gasteiger partial charge in [-0.25, -0.2) is 30.4 Å². The first-order valence-electron chi connectivity index (χ1n) is 10.6. The van der Waals surface area contributed by atoms with Crippen LogP contribution in [0.25, 0.3) is 21.9 Å². The number of rotatable bonds is 6. The quantitative estimate of drug-likeness (QED) is 0.308. The summed E-state index contributed by atoms with van der Waals surface area (Å²) in [7, 11) is 3.77. The molecule has 0 bridgehead atoms. The fraction of sp³-hybridized carbons (Fsp3) is 0.333. The van der Waals surface area contributed by atoms with E-state index in [0.717, 1.165) is 40.8 Å². The van der Waals surface area contributed by atoms with Crippen LogP contribution in [0.2, 0.25) is 0 Å². The van der Waals surface area contributed by atoms with Gasteiger partial charge < -0.3 is 19.1 Å². The molecule has 1 aliphatic heterocycles. The molecule has 1 saturated heterocycles. The highest BCUT2D eigenvalue weighted by molar-refractivity contribution is 7.13. The number of aryl methyl sites for hydroxylation is 1. The fourth-order valence-electron chi connectivity index (χ4n) is 3.73. The second kappa shape index (κ2) is 9.29. The molecule has 0 aliphatic carbocycles. The number of carbonyl (C=O) groups is 1. The lowest BCUT2D eigenvalue weighted by molar-refractivity contribution is 0.0705. The summed E-state index contributed by atoms with van der Waals surface area (Å²) >= 11 is 1.60. The number of thiophene rings is 1. The van der Waals surface area contributed by atoms with Gasteiger partial charge in [0.15, 0.2) is 22.8 Å². The number of amides is 1. The molecule has 0 unspecified atom stereocenters. The number of anilines is 2. The summed E-state index contributed by atoms with van der Waals surface area (Å²) < 4.78 is 7.49. The van der Waals surface area contributed by atoms with Crippen molar-refractivity contribution in [2.24, 2.45) is 7.05 Å². The van der Waals surface area contributed by atoms with E-state index in [4.69, 9.17) is 24.9 Å². The van der Waals surface area contributed by atoms with E-state index in [1.165, 1.54) is 12.4 Å². The number of carbonyl (C=O) groups excluding carboxylic acids is 1. The van der Waals surface area contributed by atoms with Crippen molar-refractivity contribution < 1.29 is 14.7 Å². The average Bonchev–Trinajstić information content (AvgIpc) is 3.52. The molecule has 0 aromatic carbocycles. The van der Waals surface area contributed by atoms with Crippen LogP contribution >= 0.6 is 11.3 Å². The minimum atomic E-state index is -0.666. The number of aromatic nitrogens is 6. The van der Waals surface area contributed by atoms with Crippen LogP contribution in [-0.4, -0.2) is 74.0 Å². The predicted molar refractivity (Wildman–Crippen MR) is 126 cm³/mol. The number of nitrogens with one attached hydrogen (secondary N) is 1. The highest BCUT2D eigenvalue weighted by Crippen LogP contribution is 2.30. The van der Waals surface area contributed by atoms with Crippen molar-refractivity contribution in [3.63, 3.8) is 0 Å². The van der Waals surface area contributed by atoms with Gasteiger partial charge in [-0.3, -0.25) is 10.0 Å². The summed E-state index contributed by atoms with van der Waals surface area (Å²) in [5.41, 5.74) is 3.22. The van der Waals surface area contributed by atoms with E-state index >= 15 is 0 Å². The van der Waals surface area contributed by atoms with Crippen LogP contribution in [0.1, 0.15) is 16.2 Å². The van der Waals surface area contributed by atoms with E-state index in [1.807, 2.05) is 41.1 Å². The van der Waals surface area contributed by atoms with Gasteiger partial charge in [0, 0.05) is 39.6 Å². The molecule has 0 radical (unpaired) electrons. The second-order valence-electron chi connectivity index (χ2n) is 7.78. The maximum Gasteiger partial charge on any atom is 0.277 e. The Hall–Kier alpha value is -3.68. The maximum absolute atomic E-state index is 11.5. The van der Waals surface area contributed by atoms with Crippen molar-refractivity contribution in [3.8, 4) is 10.7 Å². The van der Waals surface area contributed by atoms with Gasteiger partial charge in [-0.2, -0.15) is 0 Å². The molecule has 176 valence electrons. The number of hydrogen-bond acceptors (Lipinski definition) is 11. The normalized spacial score (nSPS) is 13.9. The van der Waals surface area contributed by atoms with Gasteiger partial charge >= 0.3 is 0 Å². The van der Waals surface area contributed by atoms with Crippen LogP contribution in [0.4, 0.5) is 11.8 Å². The molecular weight excluding hydrogens is 458 g/mol. The molecule has 34 heavy (non-hydrogen) atoms. The van der Waals surface area contributed by atoms with Crippen LogP contribution in [0.15, 0.2) is 29.9 Å². The SMILES string of the molecule is CN(Cc1nc2c(N3CCOCC3)nc(-c3cccs3)nc2n1C)c1ncc(C(=O)NO)cn1. The third kappa shape index (κ3) is 4.16. The van der Waals surface area contributed by atoms with Crippen molar-refractivity contribution in [2.45, 2.75) is 6.54 Å². The fourth-order valence-corrected chi connectivity index (χ4v) is 4.39. The molecule has 0 spiro atoms. The lowest BCUT2D eigenvalue weighted by Gasteiger charge is -2.28. The van der Waals surface area contributed by atoms with Gasteiger partial charge in [-0.1, -0.05) is 6.07 Å². The lowest BCUT2D eigenvalue weighted by atomic mass is 10.3. The third-order valence-electron chi connectivity index (χ3n) is 5.57. The zero-order valence-corrected chi connectivity index (χ0v) is 19.5. The molecule has 0 saturated carbocycles. The van der Waals surface area contributed by atoms with Gasteiger partial charge in [-0.15, -0.1) is 11.3 Å². The van der Waals surface area contributed by atoms with Gasteiger partial charge in [0.2, 0.25) is 5.95 Å². The van der Waals surface area contributed by atoms with Crippen molar-refractivity contribution in [1.82, 2.24) is 35.0 Å². The van der Waals surface area contributed by atoms with Crippen molar-refractivity contribution in [2.75, 3.05) is 43.2 Å². The minimum absolute atomic E-state index is 0.161. The van der Waals surface area contributed by atoms with E-state index < -0.39 is 5.91 Å². The van der Waals surface area contributed by atoms with Gasteiger partial charge in [0.1, 0.15) is 5.82 Å². The number of morpholine rings is 1. The van der Waals surface area contributed by atoms with E-state index in [1.54, 1.807) is 16.8 Å². The Morgan fingerprint density at radius 3 is 2.68 bits per heavy atom. The van der Waals surface area contributed by atoms with E-state index in [0.29, 0.717) is 31.5 Å². The van der Waals surface area contributed by atoms with Crippen LogP contribution in [0.5, 0.6) is 0 Å². The van der Waals surface area contributed by atoms with Crippen LogP contribution < -0.4 is 15.3 Å². The summed E-state index contributed by atoms with van der Waals surface area (Å²) in [6, 6.07) is 4.00. The smallest absolute Gasteiger partial charge is 0.277 e. The number of ether oxygens (including phenoxy) is 1. The molecule has 0 atom stereocenters. The Balaban J connectivity index is 1.50. The molecule has 5 heterocycles. The summed E-state index contributed by atoms with van der Waals surface area (Å²) in [5, 5.41) is 10.8. The average molecular weight is 482 g/mol. The molecule has 4 aromatic rings. The molecule has 5 rings (SSSR count). The zero-order chi connectivity index (χ0) is 23.7. The van der Waals surface area contributed by atoms with Crippen molar-refractivity contribution >= 4 is 40.2 Å². The van der Waals surface area contributed by atoms with Crippen LogP contribution in [0.3, 0.4) is 0 Å². The summed E-state index contributed by atoms with van der Waals surface area (Å²) in [5.74, 6) is 2.00. The zero-order valence-electron chi connectivity index (χ0n) is 18.7. The minimum Gasteiger partial charge on any atom is -0.378 e. The Morgan fingerprint density at radius 1 is 1.24 bits per heavy atom. The van der Waals surface area contributed by atoms with E-state index in [9.17, 15) is 4.79 Å². The van der Waals surface area contributed by atoms with Crippen LogP contribution in [-0.2, 0) is 18.3 Å². The molecule has 1 amide bonds. The number of hydrogen-bond donors (Lipinski definition) is 2. The van der Waals surface area contributed by atoms with Crippen molar-refractivity contribution in [3.05, 3.63) is 41.3 Å². The summed E-state index contributed by atoms with van der Waals surface area (Å²) in [6.07, 6.45) is 2.71. The van der Waals surface area contributed by atoms with Crippen molar-refractivity contribution in [1.29, 1.82) is 0 Å². The monoisotopic (exact) mass is 481 g/mol. The Bertz CT molecular complexity index is 1300. The maximum atomic E-state index is 11.5. The first-order valence-corrected chi connectivity index (χ1v) is 11.5. The molecule has 12 nitrogen and oxygen atoms in total. The Kier molecular flexibility index (Phi) is 6.04. The molecular formula is C21H23N9O3S. The highest BCUT2D eigenvalue weighted by atomic mass is 32.1. The van der Waals surface area contributed by atoms with Gasteiger partial charge in [-0.05, 0) is 11.4 Å². The number of hydroxylamine groups is 1. The summed E-state index contributed by atoms with van der Waals surface area (Å²) in [6.45, 7) is 3.18. The van der Waals surface area contributed by atoms with E-state index in [-0.39, 0.29) is 5.56 Å². The van der Waals surface area contributed by atoms with Gasteiger partial charge in [0.25, 0.3) is 5.91 Å². The molecule has 1 aliphatic rings. The Morgan fingerprint density at radius 2 is 2.00 bits per heavy atom. The highest BCUT2D eigenvalue weighted by Gasteiger charge is 2.23. The third-order valence-corrected chi connectivity index (χ3v) is 6.43. The molecule has 13 heteroatoms. The Labute approximate surface area is 198 Å². The van der Waals surface area contributed by atoms with Gasteiger partial charge in [0.05, 0.1) is 30.2 Å². The molecule has 1 fully saturated rings. The molecule has 2 N–H and O–H groups in total. The first kappa shape index (κ1) is 22.1. The lowest BCUT2D eigenvalue weighted by Crippen LogP contribution is -2.37. The van der Waals surface area contributed by atoms with E-state index in [2.05, 4.69) is 14.9 Å². The number of imidazole rings is 1. The number of nitrogens with zero attached hydrogens (tertiary/aromatic N) is 8. The van der Waals surface area contributed by atoms with Crippen LogP contribution in [0, 0.1) is 0 Å². The second-order valence-corrected chi connectivity index (χ2v) is 8.72.